The van der Waals surface area contributed by atoms with Crippen molar-refractivity contribution in [2.75, 3.05) is 13.1 Å². The molecule has 2 saturated carbocycles. The van der Waals surface area contributed by atoms with E-state index < -0.39 is 5.97 Å². The molecule has 0 aromatic heterocycles. The molecule has 3 fully saturated rings. The van der Waals surface area contributed by atoms with Crippen molar-refractivity contribution in [3.63, 3.8) is 0 Å². The molecule has 1 N–H and O–H groups in total. The Morgan fingerprint density at radius 1 is 0.857 bits per heavy atom. The molecule has 120 valence electrons. The molecule has 3 atom stereocenters. The molecule has 2 aliphatic carbocycles. The quantitative estimate of drug-likeness (QED) is 0.854. The van der Waals surface area contributed by atoms with E-state index in [4.69, 9.17) is 0 Å². The van der Waals surface area contributed by atoms with Crippen LogP contribution in [0.25, 0.3) is 0 Å². The highest BCUT2D eigenvalue weighted by Gasteiger charge is 2.42. The Hall–Kier alpha value is -0.570. The molecule has 0 aromatic rings. The summed E-state index contributed by atoms with van der Waals surface area (Å²) >= 11 is 0. The van der Waals surface area contributed by atoms with Crippen LogP contribution >= 0.6 is 0 Å². The van der Waals surface area contributed by atoms with Gasteiger partial charge in [-0.05, 0) is 63.5 Å². The van der Waals surface area contributed by atoms with Crippen molar-refractivity contribution in [1.29, 1.82) is 0 Å². The van der Waals surface area contributed by atoms with Crippen LogP contribution in [0, 0.1) is 17.8 Å². The average Bonchev–Trinajstić information content (AvgIpc) is 3.03. The van der Waals surface area contributed by atoms with Crippen LogP contribution in [0.15, 0.2) is 0 Å². The van der Waals surface area contributed by atoms with E-state index in [-0.39, 0.29) is 5.92 Å². The summed E-state index contributed by atoms with van der Waals surface area (Å²) in [5.41, 5.74) is 0. The number of likely N-dealkylation sites (tertiary alicyclic amines) is 1. The number of carbonyl (C=O) groups is 1. The molecule has 3 rings (SSSR count). The van der Waals surface area contributed by atoms with Gasteiger partial charge in [-0.25, -0.2) is 0 Å². The lowest BCUT2D eigenvalue weighted by Crippen LogP contribution is -2.47. The largest absolute Gasteiger partial charge is 0.481 e. The molecule has 0 amide bonds. The summed E-state index contributed by atoms with van der Waals surface area (Å²) in [6.45, 7) is 2.41. The van der Waals surface area contributed by atoms with Crippen molar-refractivity contribution >= 4 is 5.97 Å². The second kappa shape index (κ2) is 7.13. The van der Waals surface area contributed by atoms with Gasteiger partial charge in [-0.1, -0.05) is 32.1 Å². The molecule has 3 heteroatoms. The van der Waals surface area contributed by atoms with Crippen LogP contribution in [0.4, 0.5) is 0 Å². The van der Waals surface area contributed by atoms with Crippen molar-refractivity contribution in [2.45, 2.75) is 76.7 Å². The Morgan fingerprint density at radius 2 is 1.48 bits per heavy atom. The highest BCUT2D eigenvalue weighted by Crippen LogP contribution is 2.42. The zero-order chi connectivity index (χ0) is 14.7. The predicted octanol–water partition coefficient (Wildman–Crippen LogP) is 3.92. The van der Waals surface area contributed by atoms with Crippen LogP contribution in [-0.4, -0.2) is 35.1 Å². The monoisotopic (exact) mass is 293 g/mol. The van der Waals surface area contributed by atoms with Crippen molar-refractivity contribution in [2.24, 2.45) is 17.8 Å². The fraction of sp³-hybridized carbons (Fsp3) is 0.944. The van der Waals surface area contributed by atoms with Crippen LogP contribution in [0.2, 0.25) is 0 Å². The van der Waals surface area contributed by atoms with E-state index in [1.807, 2.05) is 0 Å². The zero-order valence-corrected chi connectivity index (χ0v) is 13.3. The molecular formula is C18H31NO2. The van der Waals surface area contributed by atoms with Crippen LogP contribution < -0.4 is 0 Å². The van der Waals surface area contributed by atoms with E-state index in [1.165, 1.54) is 64.5 Å². The van der Waals surface area contributed by atoms with Crippen molar-refractivity contribution < 1.29 is 9.90 Å². The van der Waals surface area contributed by atoms with E-state index >= 15 is 0 Å². The molecule has 0 spiro atoms. The number of rotatable bonds is 4. The van der Waals surface area contributed by atoms with Gasteiger partial charge in [-0.2, -0.15) is 0 Å². The first-order valence-corrected chi connectivity index (χ1v) is 9.24. The molecule has 0 bridgehead atoms. The van der Waals surface area contributed by atoms with Gasteiger partial charge in [-0.15, -0.1) is 0 Å². The summed E-state index contributed by atoms with van der Waals surface area (Å²) in [5.74, 6) is 0.288. The van der Waals surface area contributed by atoms with Gasteiger partial charge in [0.05, 0.1) is 5.92 Å². The summed E-state index contributed by atoms with van der Waals surface area (Å²) in [6, 6.07) is 0.560. The molecule has 3 nitrogen and oxygen atoms in total. The lowest BCUT2D eigenvalue weighted by molar-refractivity contribution is -0.149. The Labute approximate surface area is 129 Å². The minimum Gasteiger partial charge on any atom is -0.481 e. The number of carboxylic acid groups (broad SMARTS) is 1. The summed E-state index contributed by atoms with van der Waals surface area (Å²) in [6.07, 6.45) is 13.7. The van der Waals surface area contributed by atoms with Crippen LogP contribution in [-0.2, 0) is 4.79 Å². The molecule has 1 saturated heterocycles. The van der Waals surface area contributed by atoms with Gasteiger partial charge >= 0.3 is 5.97 Å². The van der Waals surface area contributed by atoms with E-state index in [2.05, 4.69) is 4.90 Å². The standard InChI is InChI=1S/C18H31NO2/c20-18(21)17(14-8-2-1-3-9-14)15-10-4-5-11-16(15)19-12-6-7-13-19/h14-17H,1-13H2,(H,20,21). The maximum absolute atomic E-state index is 12.0. The first-order valence-electron chi connectivity index (χ1n) is 9.24. The fourth-order valence-electron chi connectivity index (χ4n) is 5.31. The van der Waals surface area contributed by atoms with Crippen molar-refractivity contribution in [3.8, 4) is 0 Å². The minimum absolute atomic E-state index is 0.0730. The third-order valence-corrected chi connectivity index (χ3v) is 6.30. The van der Waals surface area contributed by atoms with Gasteiger partial charge in [0.1, 0.15) is 0 Å². The fourth-order valence-corrected chi connectivity index (χ4v) is 5.31. The van der Waals surface area contributed by atoms with Crippen LogP contribution in [0.3, 0.4) is 0 Å². The van der Waals surface area contributed by atoms with Gasteiger partial charge in [0.2, 0.25) is 0 Å². The van der Waals surface area contributed by atoms with Gasteiger partial charge in [0, 0.05) is 6.04 Å². The Morgan fingerprint density at radius 3 is 2.14 bits per heavy atom. The van der Waals surface area contributed by atoms with E-state index in [0.717, 1.165) is 19.3 Å². The lowest BCUT2D eigenvalue weighted by atomic mass is 9.67. The van der Waals surface area contributed by atoms with Gasteiger partial charge in [-0.3, -0.25) is 4.79 Å². The third-order valence-electron chi connectivity index (χ3n) is 6.30. The van der Waals surface area contributed by atoms with Crippen LogP contribution in [0.5, 0.6) is 0 Å². The SMILES string of the molecule is O=C(O)C(C1CCCCC1)C1CCCCC1N1CCCC1. The maximum Gasteiger partial charge on any atom is 0.307 e. The molecule has 1 aliphatic heterocycles. The molecule has 1 heterocycles. The van der Waals surface area contributed by atoms with E-state index in [1.54, 1.807) is 0 Å². The number of hydrogen-bond acceptors (Lipinski definition) is 2. The summed E-state index contributed by atoms with van der Waals surface area (Å²) < 4.78 is 0. The maximum atomic E-state index is 12.0. The summed E-state index contributed by atoms with van der Waals surface area (Å²) in [5, 5.41) is 9.92. The Balaban J connectivity index is 1.75. The first-order chi connectivity index (χ1) is 10.3. The number of carboxylic acids is 1. The number of hydrogen-bond donors (Lipinski definition) is 1. The van der Waals surface area contributed by atoms with Gasteiger partial charge < -0.3 is 10.0 Å². The molecule has 21 heavy (non-hydrogen) atoms. The highest BCUT2D eigenvalue weighted by molar-refractivity contribution is 5.71. The summed E-state index contributed by atoms with van der Waals surface area (Å²) in [7, 11) is 0. The topological polar surface area (TPSA) is 40.5 Å². The smallest absolute Gasteiger partial charge is 0.307 e. The van der Waals surface area contributed by atoms with Gasteiger partial charge in [0.15, 0.2) is 0 Å². The zero-order valence-electron chi connectivity index (χ0n) is 13.3. The molecule has 3 aliphatic rings. The molecule has 0 radical (unpaired) electrons. The predicted molar refractivity (Wildman–Crippen MR) is 84.3 cm³/mol. The number of nitrogens with zero attached hydrogens (tertiary/aromatic N) is 1. The Kier molecular flexibility index (Phi) is 5.20. The highest BCUT2D eigenvalue weighted by atomic mass is 16.4. The van der Waals surface area contributed by atoms with Crippen molar-refractivity contribution in [3.05, 3.63) is 0 Å². The lowest BCUT2D eigenvalue weighted by Gasteiger charge is -2.43. The second-order valence-corrected chi connectivity index (χ2v) is 7.52. The molecule has 0 aromatic carbocycles. The molecular weight excluding hydrogens is 262 g/mol. The van der Waals surface area contributed by atoms with E-state index in [0.29, 0.717) is 17.9 Å². The second-order valence-electron chi connectivity index (χ2n) is 7.52. The number of aliphatic carboxylic acids is 1. The Bertz CT molecular complexity index is 345. The normalized spacial score (nSPS) is 33.9. The van der Waals surface area contributed by atoms with Gasteiger partial charge in [0.25, 0.3) is 0 Å². The summed E-state index contributed by atoms with van der Waals surface area (Å²) in [4.78, 5) is 14.7. The van der Waals surface area contributed by atoms with Crippen LogP contribution in [0.1, 0.15) is 70.6 Å². The average molecular weight is 293 g/mol. The first kappa shape index (κ1) is 15.3. The minimum atomic E-state index is -0.502. The van der Waals surface area contributed by atoms with Crippen molar-refractivity contribution in [1.82, 2.24) is 4.90 Å². The molecule has 3 unspecified atom stereocenters. The third kappa shape index (κ3) is 3.44. The van der Waals surface area contributed by atoms with E-state index in [9.17, 15) is 9.90 Å².